The summed E-state index contributed by atoms with van der Waals surface area (Å²) in [7, 11) is -3.24. The van der Waals surface area contributed by atoms with Gasteiger partial charge >= 0.3 is 0 Å². The van der Waals surface area contributed by atoms with Crippen molar-refractivity contribution in [3.63, 3.8) is 0 Å². The first-order valence-corrected chi connectivity index (χ1v) is 9.07. The van der Waals surface area contributed by atoms with E-state index in [1.54, 1.807) is 0 Å². The molecule has 120 valence electrons. The van der Waals surface area contributed by atoms with Crippen LogP contribution in [0.15, 0.2) is 0 Å². The van der Waals surface area contributed by atoms with E-state index in [1.807, 2.05) is 13.8 Å². The average Bonchev–Trinajstić information content (AvgIpc) is 3.21. The molecule has 1 N–H and O–H groups in total. The van der Waals surface area contributed by atoms with Gasteiger partial charge in [-0.25, -0.2) is 8.42 Å². The number of sulfonamides is 1. The predicted molar refractivity (Wildman–Crippen MR) is 79.4 cm³/mol. The van der Waals surface area contributed by atoms with Crippen LogP contribution in [0.4, 0.5) is 0 Å². The van der Waals surface area contributed by atoms with E-state index >= 15 is 0 Å². The van der Waals surface area contributed by atoms with Crippen LogP contribution in [0.5, 0.6) is 0 Å². The Morgan fingerprint density at radius 2 is 1.65 bits per heavy atom. The van der Waals surface area contributed by atoms with E-state index in [4.69, 9.17) is 9.47 Å². The third kappa shape index (κ3) is 7.54. The fourth-order valence-electron chi connectivity index (χ4n) is 1.82. The van der Waals surface area contributed by atoms with Crippen LogP contribution in [0.25, 0.3) is 0 Å². The summed E-state index contributed by atoms with van der Waals surface area (Å²) in [5.41, 5.74) is 0. The maximum Gasteiger partial charge on any atom is 0.215 e. The first-order chi connectivity index (χ1) is 9.60. The van der Waals surface area contributed by atoms with Crippen LogP contribution in [0.2, 0.25) is 0 Å². The van der Waals surface area contributed by atoms with Crippen molar-refractivity contribution < 1.29 is 17.9 Å². The Kier molecular flexibility index (Phi) is 8.63. The number of ether oxygens (including phenoxy) is 2. The molecule has 20 heavy (non-hydrogen) atoms. The van der Waals surface area contributed by atoms with E-state index in [0.29, 0.717) is 52.1 Å². The Balaban J connectivity index is 2.38. The lowest BCUT2D eigenvalue weighted by atomic mass is 10.6. The lowest BCUT2D eigenvalue weighted by molar-refractivity contribution is 0.110. The van der Waals surface area contributed by atoms with Crippen LogP contribution in [0.1, 0.15) is 26.7 Å². The van der Waals surface area contributed by atoms with Crippen LogP contribution in [0.3, 0.4) is 0 Å². The molecule has 1 aliphatic carbocycles. The van der Waals surface area contributed by atoms with E-state index in [2.05, 4.69) is 5.32 Å². The molecule has 0 radical (unpaired) electrons. The highest BCUT2D eigenvalue weighted by molar-refractivity contribution is 7.89. The van der Waals surface area contributed by atoms with Gasteiger partial charge in [-0.3, -0.25) is 0 Å². The molecule has 6 nitrogen and oxygen atoms in total. The molecule has 0 saturated heterocycles. The van der Waals surface area contributed by atoms with Gasteiger partial charge in [-0.05, 0) is 26.7 Å². The number of rotatable bonds is 13. The van der Waals surface area contributed by atoms with Crippen molar-refractivity contribution in [3.05, 3.63) is 0 Å². The summed E-state index contributed by atoms with van der Waals surface area (Å²) >= 11 is 0. The van der Waals surface area contributed by atoms with Crippen LogP contribution < -0.4 is 5.32 Å². The van der Waals surface area contributed by atoms with Gasteiger partial charge in [0, 0.05) is 38.9 Å². The SMILES string of the molecule is CCOCCN(CCOCC)S(=O)(=O)CCNC1CC1. The van der Waals surface area contributed by atoms with Gasteiger partial charge in [0.15, 0.2) is 0 Å². The molecular formula is C13H28N2O4S. The van der Waals surface area contributed by atoms with Crippen LogP contribution in [-0.4, -0.2) is 70.6 Å². The summed E-state index contributed by atoms with van der Waals surface area (Å²) in [5.74, 6) is 0.141. The summed E-state index contributed by atoms with van der Waals surface area (Å²) in [5, 5.41) is 3.23. The Hall–Kier alpha value is -0.210. The molecule has 0 unspecified atom stereocenters. The van der Waals surface area contributed by atoms with E-state index in [0.717, 1.165) is 0 Å². The minimum Gasteiger partial charge on any atom is -0.380 e. The molecule has 0 aromatic heterocycles. The average molecular weight is 308 g/mol. The third-order valence-corrected chi connectivity index (χ3v) is 5.01. The fourth-order valence-corrected chi connectivity index (χ4v) is 3.16. The molecular weight excluding hydrogens is 280 g/mol. The van der Waals surface area contributed by atoms with Crippen molar-refractivity contribution in [2.45, 2.75) is 32.7 Å². The third-order valence-electron chi connectivity index (χ3n) is 3.14. The second-order valence-corrected chi connectivity index (χ2v) is 6.93. The van der Waals surface area contributed by atoms with Crippen LogP contribution in [0, 0.1) is 0 Å². The number of nitrogens with zero attached hydrogens (tertiary/aromatic N) is 1. The Morgan fingerprint density at radius 1 is 1.10 bits per heavy atom. The normalized spacial score (nSPS) is 15.9. The van der Waals surface area contributed by atoms with Crippen molar-refractivity contribution in [1.29, 1.82) is 0 Å². The molecule has 7 heteroatoms. The highest BCUT2D eigenvalue weighted by Gasteiger charge is 2.24. The Morgan fingerprint density at radius 3 is 2.10 bits per heavy atom. The van der Waals surface area contributed by atoms with Crippen LogP contribution in [-0.2, 0) is 19.5 Å². The predicted octanol–water partition coefficient (Wildman–Crippen LogP) is 0.443. The van der Waals surface area contributed by atoms with Gasteiger partial charge in [0.25, 0.3) is 0 Å². The smallest absolute Gasteiger partial charge is 0.215 e. The summed E-state index contributed by atoms with van der Waals surface area (Å²) in [6.07, 6.45) is 2.33. The monoisotopic (exact) mass is 308 g/mol. The maximum absolute atomic E-state index is 12.3. The molecule has 0 aliphatic heterocycles. The van der Waals surface area contributed by atoms with E-state index in [1.165, 1.54) is 17.1 Å². The molecule has 0 aromatic carbocycles. The molecule has 1 saturated carbocycles. The lowest BCUT2D eigenvalue weighted by Crippen LogP contribution is -2.40. The zero-order chi connectivity index (χ0) is 14.8. The van der Waals surface area contributed by atoms with Crippen molar-refractivity contribution in [2.24, 2.45) is 0 Å². The zero-order valence-electron chi connectivity index (χ0n) is 12.6. The molecule has 0 amide bonds. The Bertz CT molecular complexity index is 334. The van der Waals surface area contributed by atoms with Crippen molar-refractivity contribution in [3.8, 4) is 0 Å². The van der Waals surface area contributed by atoms with Gasteiger partial charge in [-0.2, -0.15) is 4.31 Å². The quantitative estimate of drug-likeness (QED) is 0.500. The summed E-state index contributed by atoms with van der Waals surface area (Å²) < 4.78 is 36.6. The second kappa shape index (κ2) is 9.68. The summed E-state index contributed by atoms with van der Waals surface area (Å²) in [6.45, 7) is 7.17. The van der Waals surface area contributed by atoms with Crippen molar-refractivity contribution in [1.82, 2.24) is 9.62 Å². The summed E-state index contributed by atoms with van der Waals surface area (Å²) in [6, 6.07) is 0.533. The molecule has 0 atom stereocenters. The van der Waals surface area contributed by atoms with Gasteiger partial charge < -0.3 is 14.8 Å². The van der Waals surface area contributed by atoms with E-state index in [9.17, 15) is 8.42 Å². The molecule has 0 aromatic rings. The van der Waals surface area contributed by atoms with Crippen LogP contribution >= 0.6 is 0 Å². The minimum absolute atomic E-state index is 0.141. The largest absolute Gasteiger partial charge is 0.380 e. The first-order valence-electron chi connectivity index (χ1n) is 7.46. The molecule has 1 fully saturated rings. The molecule has 0 spiro atoms. The number of hydrogen-bond acceptors (Lipinski definition) is 5. The van der Waals surface area contributed by atoms with Gasteiger partial charge in [-0.15, -0.1) is 0 Å². The van der Waals surface area contributed by atoms with Crippen molar-refractivity contribution in [2.75, 3.05) is 51.8 Å². The topological polar surface area (TPSA) is 67.9 Å². The lowest BCUT2D eigenvalue weighted by Gasteiger charge is -2.22. The minimum atomic E-state index is -3.24. The fraction of sp³-hybridized carbons (Fsp3) is 1.00. The maximum atomic E-state index is 12.3. The van der Waals surface area contributed by atoms with Gasteiger partial charge in [0.05, 0.1) is 19.0 Å². The molecule has 1 aliphatic rings. The van der Waals surface area contributed by atoms with Crippen molar-refractivity contribution >= 4 is 10.0 Å². The second-order valence-electron chi connectivity index (χ2n) is 4.84. The first kappa shape index (κ1) is 17.8. The number of nitrogens with one attached hydrogen (secondary N) is 1. The molecule has 0 bridgehead atoms. The van der Waals surface area contributed by atoms with Gasteiger partial charge in [-0.1, -0.05) is 0 Å². The Labute approximate surface area is 122 Å². The number of hydrogen-bond donors (Lipinski definition) is 1. The standard InChI is InChI=1S/C13H28N2O4S/c1-3-18-10-8-15(9-11-19-4-2)20(16,17)12-7-14-13-5-6-13/h13-14H,3-12H2,1-2H3. The summed E-state index contributed by atoms with van der Waals surface area (Å²) in [4.78, 5) is 0. The highest BCUT2D eigenvalue weighted by Crippen LogP contribution is 2.18. The van der Waals surface area contributed by atoms with Gasteiger partial charge in [0.2, 0.25) is 10.0 Å². The molecule has 1 rings (SSSR count). The zero-order valence-corrected chi connectivity index (χ0v) is 13.5. The molecule has 0 heterocycles. The van der Waals surface area contributed by atoms with E-state index < -0.39 is 10.0 Å². The highest BCUT2D eigenvalue weighted by atomic mass is 32.2. The van der Waals surface area contributed by atoms with E-state index in [-0.39, 0.29) is 5.75 Å². The van der Waals surface area contributed by atoms with Gasteiger partial charge in [0.1, 0.15) is 0 Å².